The molecule has 2 N–H and O–H groups in total. The molecule has 0 spiro atoms. The summed E-state index contributed by atoms with van der Waals surface area (Å²) in [6.07, 6.45) is 6.29. The van der Waals surface area contributed by atoms with Crippen molar-refractivity contribution in [1.82, 2.24) is 4.72 Å². The molecule has 0 aromatic heterocycles. The smallest absolute Gasteiger partial charge is 0.255 e. The van der Waals surface area contributed by atoms with Gasteiger partial charge in [0.1, 0.15) is 12.2 Å². The number of allylic oxidation sites excluding steroid dienone is 2. The van der Waals surface area contributed by atoms with E-state index in [2.05, 4.69) is 10.0 Å². The largest absolute Gasteiger partial charge is 0.383 e. The standard InChI is InChI=1S/C19H24N2O6S/c1-25-10-9-20-28(23,24)13-14-5-4-6-15(11-14)21-19(22)18-12-26-16-7-2-3-8-17(16)27-18/h2-8,11,16-18,20H,9-10,12-13H2,1H3,(H,21,22)/t16-,17+,18-/m0/s1. The van der Waals surface area contributed by atoms with Gasteiger partial charge in [-0.15, -0.1) is 0 Å². The maximum atomic E-state index is 12.5. The highest BCUT2D eigenvalue weighted by atomic mass is 32.2. The van der Waals surface area contributed by atoms with Gasteiger partial charge in [0.25, 0.3) is 5.91 Å². The molecule has 28 heavy (non-hydrogen) atoms. The van der Waals surface area contributed by atoms with Crippen LogP contribution in [0.2, 0.25) is 0 Å². The second-order valence-electron chi connectivity index (χ2n) is 6.49. The number of benzene rings is 1. The number of carbonyl (C=O) groups excluding carboxylic acids is 1. The average molecular weight is 408 g/mol. The Morgan fingerprint density at radius 3 is 2.82 bits per heavy atom. The summed E-state index contributed by atoms with van der Waals surface area (Å²) in [5.41, 5.74) is 1.06. The first kappa shape index (κ1) is 20.7. The molecule has 0 saturated carbocycles. The van der Waals surface area contributed by atoms with Crippen molar-refractivity contribution in [1.29, 1.82) is 0 Å². The van der Waals surface area contributed by atoms with Crippen LogP contribution in [0.25, 0.3) is 0 Å². The summed E-state index contributed by atoms with van der Waals surface area (Å²) in [7, 11) is -1.98. The molecular formula is C19H24N2O6S. The Morgan fingerprint density at radius 1 is 1.25 bits per heavy atom. The first-order valence-electron chi connectivity index (χ1n) is 8.95. The van der Waals surface area contributed by atoms with Crippen LogP contribution in [0.5, 0.6) is 0 Å². The zero-order chi connectivity index (χ0) is 20.0. The third-order valence-corrected chi connectivity index (χ3v) is 5.63. The molecule has 1 aliphatic carbocycles. The highest BCUT2D eigenvalue weighted by Crippen LogP contribution is 2.21. The summed E-state index contributed by atoms with van der Waals surface area (Å²) in [5.74, 6) is -0.524. The first-order chi connectivity index (χ1) is 13.5. The van der Waals surface area contributed by atoms with Crippen molar-refractivity contribution in [2.45, 2.75) is 24.1 Å². The lowest BCUT2D eigenvalue weighted by atomic mass is 10.1. The Bertz CT molecular complexity index is 852. The average Bonchev–Trinajstić information content (AvgIpc) is 2.67. The Kier molecular flexibility index (Phi) is 6.97. The number of rotatable bonds is 8. The summed E-state index contributed by atoms with van der Waals surface area (Å²) in [6, 6.07) is 6.71. The summed E-state index contributed by atoms with van der Waals surface area (Å²) >= 11 is 0. The molecule has 9 heteroatoms. The van der Waals surface area contributed by atoms with E-state index in [0.29, 0.717) is 17.9 Å². The lowest BCUT2D eigenvalue weighted by Crippen LogP contribution is -2.47. The van der Waals surface area contributed by atoms with Gasteiger partial charge in [0.2, 0.25) is 10.0 Å². The van der Waals surface area contributed by atoms with Crippen LogP contribution in [0.3, 0.4) is 0 Å². The molecule has 8 nitrogen and oxygen atoms in total. The van der Waals surface area contributed by atoms with Gasteiger partial charge in [-0.3, -0.25) is 4.79 Å². The van der Waals surface area contributed by atoms with Crippen molar-refractivity contribution >= 4 is 21.6 Å². The molecule has 1 aliphatic heterocycles. The number of hydrogen-bond acceptors (Lipinski definition) is 6. The van der Waals surface area contributed by atoms with E-state index in [4.69, 9.17) is 14.2 Å². The van der Waals surface area contributed by atoms with Gasteiger partial charge >= 0.3 is 0 Å². The maximum absolute atomic E-state index is 12.5. The SMILES string of the molecule is COCCNS(=O)(=O)Cc1cccc(NC(=O)[C@@H]2CO[C@H]3C=CC=C[C@H]3O2)c1. The lowest BCUT2D eigenvalue weighted by Gasteiger charge is -2.34. The molecule has 1 heterocycles. The highest BCUT2D eigenvalue weighted by Gasteiger charge is 2.33. The van der Waals surface area contributed by atoms with Crippen molar-refractivity contribution < 1.29 is 27.4 Å². The molecule has 3 rings (SSSR count). The van der Waals surface area contributed by atoms with Gasteiger partial charge in [-0.25, -0.2) is 13.1 Å². The molecule has 0 unspecified atom stereocenters. The first-order valence-corrected chi connectivity index (χ1v) is 10.6. The Hall–Kier alpha value is -2.04. The molecule has 152 valence electrons. The molecule has 1 aromatic rings. The van der Waals surface area contributed by atoms with Crippen LogP contribution in [0.1, 0.15) is 5.56 Å². The minimum Gasteiger partial charge on any atom is -0.383 e. The number of ether oxygens (including phenoxy) is 3. The zero-order valence-electron chi connectivity index (χ0n) is 15.5. The number of nitrogens with one attached hydrogen (secondary N) is 2. The van der Waals surface area contributed by atoms with E-state index in [1.807, 2.05) is 24.3 Å². The summed E-state index contributed by atoms with van der Waals surface area (Å²) < 4.78 is 42.9. The molecule has 3 atom stereocenters. The zero-order valence-corrected chi connectivity index (χ0v) is 16.4. The van der Waals surface area contributed by atoms with E-state index in [1.54, 1.807) is 24.3 Å². The number of sulfonamides is 1. The number of anilines is 1. The molecule has 0 radical (unpaired) electrons. The van der Waals surface area contributed by atoms with Crippen molar-refractivity contribution in [3.05, 3.63) is 54.1 Å². The predicted octanol–water partition coefficient (Wildman–Crippen LogP) is 0.969. The van der Waals surface area contributed by atoms with E-state index in [0.717, 1.165) is 0 Å². The predicted molar refractivity (Wildman–Crippen MR) is 104 cm³/mol. The van der Waals surface area contributed by atoms with Gasteiger partial charge in [0.15, 0.2) is 6.10 Å². The Morgan fingerprint density at radius 2 is 2.04 bits per heavy atom. The number of hydrogen-bond donors (Lipinski definition) is 2. The number of carbonyl (C=O) groups is 1. The molecule has 2 aliphatic rings. The van der Waals surface area contributed by atoms with E-state index < -0.39 is 16.1 Å². The van der Waals surface area contributed by atoms with Crippen LogP contribution in [0, 0.1) is 0 Å². The second kappa shape index (κ2) is 9.44. The van der Waals surface area contributed by atoms with Gasteiger partial charge in [-0.1, -0.05) is 36.4 Å². The lowest BCUT2D eigenvalue weighted by molar-refractivity contribution is -0.164. The topological polar surface area (TPSA) is 103 Å². The van der Waals surface area contributed by atoms with Gasteiger partial charge in [0, 0.05) is 19.3 Å². The van der Waals surface area contributed by atoms with E-state index >= 15 is 0 Å². The maximum Gasteiger partial charge on any atom is 0.255 e. The van der Waals surface area contributed by atoms with Gasteiger partial charge in [0.05, 0.1) is 19.0 Å². The minimum absolute atomic E-state index is 0.155. The summed E-state index contributed by atoms with van der Waals surface area (Å²) in [5, 5.41) is 2.76. The molecule has 1 saturated heterocycles. The van der Waals surface area contributed by atoms with Crippen molar-refractivity contribution in [3.63, 3.8) is 0 Å². The van der Waals surface area contributed by atoms with E-state index in [9.17, 15) is 13.2 Å². The normalized spacial score (nSPS) is 24.0. The monoisotopic (exact) mass is 408 g/mol. The fourth-order valence-electron chi connectivity index (χ4n) is 2.94. The molecule has 0 bridgehead atoms. The van der Waals surface area contributed by atoms with Crippen LogP contribution in [0.4, 0.5) is 5.69 Å². The summed E-state index contributed by atoms with van der Waals surface area (Å²) in [6.45, 7) is 0.661. The van der Waals surface area contributed by atoms with E-state index in [1.165, 1.54) is 7.11 Å². The van der Waals surface area contributed by atoms with Gasteiger partial charge in [-0.05, 0) is 17.7 Å². The van der Waals surface area contributed by atoms with Crippen molar-refractivity contribution in [2.75, 3.05) is 32.2 Å². The van der Waals surface area contributed by atoms with Crippen LogP contribution in [-0.2, 0) is 34.8 Å². The Labute approximate surface area is 164 Å². The second-order valence-corrected chi connectivity index (χ2v) is 8.30. The fraction of sp³-hybridized carbons (Fsp3) is 0.421. The van der Waals surface area contributed by atoms with E-state index in [-0.39, 0.29) is 37.0 Å². The molecular weight excluding hydrogens is 384 g/mol. The molecule has 1 fully saturated rings. The summed E-state index contributed by atoms with van der Waals surface area (Å²) in [4.78, 5) is 12.5. The fourth-order valence-corrected chi connectivity index (χ4v) is 4.05. The van der Waals surface area contributed by atoms with Gasteiger partial charge in [-0.2, -0.15) is 0 Å². The number of fused-ring (bicyclic) bond motifs is 1. The molecule has 1 amide bonds. The highest BCUT2D eigenvalue weighted by molar-refractivity contribution is 7.88. The van der Waals surface area contributed by atoms with Crippen molar-refractivity contribution in [2.24, 2.45) is 0 Å². The van der Waals surface area contributed by atoms with Gasteiger partial charge < -0.3 is 19.5 Å². The minimum atomic E-state index is -3.49. The Balaban J connectivity index is 1.57. The van der Waals surface area contributed by atoms with Crippen LogP contribution in [0.15, 0.2) is 48.6 Å². The number of methoxy groups -OCH3 is 1. The van der Waals surface area contributed by atoms with Crippen LogP contribution >= 0.6 is 0 Å². The quantitative estimate of drug-likeness (QED) is 0.622. The van der Waals surface area contributed by atoms with Crippen LogP contribution < -0.4 is 10.0 Å². The number of amides is 1. The third kappa shape index (κ3) is 5.73. The molecule has 1 aromatic carbocycles. The third-order valence-electron chi connectivity index (χ3n) is 4.27. The van der Waals surface area contributed by atoms with Crippen LogP contribution in [-0.4, -0.2) is 59.5 Å². The van der Waals surface area contributed by atoms with Crippen molar-refractivity contribution in [3.8, 4) is 0 Å².